The maximum absolute atomic E-state index is 13.6. The van der Waals surface area contributed by atoms with E-state index in [1.165, 1.54) is 6.07 Å². The molecule has 1 heterocycles. The molecule has 0 bridgehead atoms. The summed E-state index contributed by atoms with van der Waals surface area (Å²) < 4.78 is 15.5. The van der Waals surface area contributed by atoms with Gasteiger partial charge in [-0.05, 0) is 26.0 Å². The highest BCUT2D eigenvalue weighted by Crippen LogP contribution is 2.13. The van der Waals surface area contributed by atoms with E-state index in [9.17, 15) is 9.18 Å². The average Bonchev–Trinajstić information content (AvgIpc) is 2.79. The molecule has 0 aliphatic heterocycles. The monoisotopic (exact) mass is 246 g/mol. The van der Waals surface area contributed by atoms with Gasteiger partial charge in [0, 0.05) is 18.9 Å². The summed E-state index contributed by atoms with van der Waals surface area (Å²) in [7, 11) is 0. The summed E-state index contributed by atoms with van der Waals surface area (Å²) in [6.07, 6.45) is 3.59. The molecule has 0 aliphatic rings. The van der Waals surface area contributed by atoms with Crippen LogP contribution < -0.4 is 0 Å². The molecule has 0 N–H and O–H groups in total. The normalized spacial score (nSPS) is 10.6. The lowest BCUT2D eigenvalue weighted by Crippen LogP contribution is -2.11. The Hall–Kier alpha value is -1.97. The van der Waals surface area contributed by atoms with E-state index in [0.717, 1.165) is 12.1 Å². The molecule has 0 amide bonds. The lowest BCUT2D eigenvalue weighted by Gasteiger charge is -2.06. The fraction of sp³-hybridized carbons (Fsp3) is 0.286. The minimum atomic E-state index is -0.472. The van der Waals surface area contributed by atoms with Gasteiger partial charge >= 0.3 is 0 Å². The number of hydrogen-bond donors (Lipinski definition) is 0. The Morgan fingerprint density at radius 3 is 2.94 bits per heavy atom. The minimum Gasteiger partial charge on any atom is -0.335 e. The Kier molecular flexibility index (Phi) is 3.55. The Morgan fingerprint density at radius 1 is 1.44 bits per heavy atom. The van der Waals surface area contributed by atoms with E-state index in [2.05, 4.69) is 4.98 Å². The number of carbonyl (C=O) groups is 1. The summed E-state index contributed by atoms with van der Waals surface area (Å²) in [4.78, 5) is 16.2. The standard InChI is InChI=1S/C14H15FN2O/c1-3-17-7-6-16-14(17)9-13(18)11-8-10(2)4-5-12(11)15/h4-8H,3,9H2,1-2H3. The second-order valence-corrected chi connectivity index (χ2v) is 4.21. The summed E-state index contributed by atoms with van der Waals surface area (Å²) in [5.74, 6) is -0.0410. The maximum Gasteiger partial charge on any atom is 0.173 e. The number of benzene rings is 1. The first-order valence-corrected chi connectivity index (χ1v) is 5.91. The Labute approximate surface area is 105 Å². The molecule has 1 aromatic heterocycles. The Bertz CT molecular complexity index is 575. The molecule has 0 unspecified atom stereocenters. The van der Waals surface area contributed by atoms with Crippen LogP contribution in [0.4, 0.5) is 4.39 Å². The van der Waals surface area contributed by atoms with E-state index in [1.54, 1.807) is 18.3 Å². The first-order chi connectivity index (χ1) is 8.61. The second-order valence-electron chi connectivity index (χ2n) is 4.21. The molecule has 0 fully saturated rings. The number of hydrogen-bond acceptors (Lipinski definition) is 2. The van der Waals surface area contributed by atoms with Gasteiger partial charge < -0.3 is 4.57 Å². The quantitative estimate of drug-likeness (QED) is 0.777. The molecule has 18 heavy (non-hydrogen) atoms. The van der Waals surface area contributed by atoms with Gasteiger partial charge in [0.2, 0.25) is 0 Å². The predicted octanol–water partition coefficient (Wildman–Crippen LogP) is 2.78. The number of aromatic nitrogens is 2. The van der Waals surface area contributed by atoms with Crippen molar-refractivity contribution in [2.75, 3.05) is 0 Å². The summed E-state index contributed by atoms with van der Waals surface area (Å²) in [5, 5.41) is 0. The second kappa shape index (κ2) is 5.12. The zero-order valence-corrected chi connectivity index (χ0v) is 10.5. The van der Waals surface area contributed by atoms with Crippen LogP contribution in [-0.4, -0.2) is 15.3 Å². The third kappa shape index (κ3) is 2.47. The third-order valence-corrected chi connectivity index (χ3v) is 2.88. The van der Waals surface area contributed by atoms with Gasteiger partial charge in [0.1, 0.15) is 11.6 Å². The Balaban J connectivity index is 2.25. The largest absolute Gasteiger partial charge is 0.335 e. The molecule has 0 radical (unpaired) electrons. The summed E-state index contributed by atoms with van der Waals surface area (Å²) >= 11 is 0. The molecule has 0 atom stereocenters. The number of imidazole rings is 1. The van der Waals surface area contributed by atoms with Crippen molar-refractivity contribution in [3.05, 3.63) is 53.4 Å². The molecule has 0 saturated carbocycles. The van der Waals surface area contributed by atoms with Crippen LogP contribution in [-0.2, 0) is 13.0 Å². The summed E-state index contributed by atoms with van der Waals surface area (Å²) in [6.45, 7) is 4.56. The lowest BCUT2D eigenvalue weighted by atomic mass is 10.0. The van der Waals surface area contributed by atoms with Gasteiger partial charge in [-0.3, -0.25) is 4.79 Å². The van der Waals surface area contributed by atoms with Crippen LogP contribution in [0.5, 0.6) is 0 Å². The van der Waals surface area contributed by atoms with Crippen molar-refractivity contribution in [3.63, 3.8) is 0 Å². The van der Waals surface area contributed by atoms with Crippen LogP contribution >= 0.6 is 0 Å². The number of halogens is 1. The molecule has 2 rings (SSSR count). The van der Waals surface area contributed by atoms with Gasteiger partial charge in [0.05, 0.1) is 12.0 Å². The van der Waals surface area contributed by atoms with Crippen molar-refractivity contribution < 1.29 is 9.18 Å². The molecular formula is C14H15FN2O. The zero-order chi connectivity index (χ0) is 13.1. The molecule has 2 aromatic rings. The van der Waals surface area contributed by atoms with E-state index in [-0.39, 0.29) is 17.8 Å². The number of rotatable bonds is 4. The Morgan fingerprint density at radius 2 is 2.22 bits per heavy atom. The molecule has 0 aliphatic carbocycles. The number of Topliss-reactive ketones (excluding diaryl/α,β-unsaturated/α-hetero) is 1. The van der Waals surface area contributed by atoms with Crippen molar-refractivity contribution in [3.8, 4) is 0 Å². The highest BCUT2D eigenvalue weighted by Gasteiger charge is 2.14. The van der Waals surface area contributed by atoms with E-state index >= 15 is 0 Å². The van der Waals surface area contributed by atoms with E-state index in [1.807, 2.05) is 24.6 Å². The van der Waals surface area contributed by atoms with Crippen LogP contribution in [0.2, 0.25) is 0 Å². The van der Waals surface area contributed by atoms with Crippen molar-refractivity contribution in [2.24, 2.45) is 0 Å². The molecule has 4 heteroatoms. The first kappa shape index (κ1) is 12.5. The van der Waals surface area contributed by atoms with Crippen molar-refractivity contribution >= 4 is 5.78 Å². The van der Waals surface area contributed by atoms with Gasteiger partial charge in [0.15, 0.2) is 5.78 Å². The van der Waals surface area contributed by atoms with Crippen LogP contribution in [0, 0.1) is 12.7 Å². The zero-order valence-electron chi connectivity index (χ0n) is 10.5. The maximum atomic E-state index is 13.6. The van der Waals surface area contributed by atoms with E-state index in [4.69, 9.17) is 0 Å². The number of nitrogens with zero attached hydrogens (tertiary/aromatic N) is 2. The van der Waals surface area contributed by atoms with E-state index < -0.39 is 5.82 Å². The SMILES string of the molecule is CCn1ccnc1CC(=O)c1cc(C)ccc1F. The van der Waals surface area contributed by atoms with Crippen LogP contribution in [0.3, 0.4) is 0 Å². The van der Waals surface area contributed by atoms with Gasteiger partial charge in [-0.1, -0.05) is 11.6 Å². The minimum absolute atomic E-state index is 0.126. The van der Waals surface area contributed by atoms with Crippen LogP contribution in [0.1, 0.15) is 28.7 Å². The van der Waals surface area contributed by atoms with Gasteiger partial charge in [-0.15, -0.1) is 0 Å². The van der Waals surface area contributed by atoms with Gasteiger partial charge in [0.25, 0.3) is 0 Å². The molecule has 3 nitrogen and oxygen atoms in total. The summed E-state index contributed by atoms with van der Waals surface area (Å²) in [5.41, 5.74) is 1.01. The number of ketones is 1. The van der Waals surface area contributed by atoms with Gasteiger partial charge in [-0.25, -0.2) is 9.37 Å². The smallest absolute Gasteiger partial charge is 0.173 e. The molecule has 0 saturated heterocycles. The van der Waals surface area contributed by atoms with Gasteiger partial charge in [-0.2, -0.15) is 0 Å². The highest BCUT2D eigenvalue weighted by molar-refractivity contribution is 5.97. The van der Waals surface area contributed by atoms with Crippen LogP contribution in [0.15, 0.2) is 30.6 Å². The highest BCUT2D eigenvalue weighted by atomic mass is 19.1. The van der Waals surface area contributed by atoms with E-state index in [0.29, 0.717) is 5.82 Å². The summed E-state index contributed by atoms with van der Waals surface area (Å²) in [6, 6.07) is 4.56. The average molecular weight is 246 g/mol. The van der Waals surface area contributed by atoms with Crippen molar-refractivity contribution in [1.29, 1.82) is 0 Å². The van der Waals surface area contributed by atoms with Crippen LogP contribution in [0.25, 0.3) is 0 Å². The van der Waals surface area contributed by atoms with Crippen molar-refractivity contribution in [2.45, 2.75) is 26.8 Å². The molecule has 0 spiro atoms. The fourth-order valence-electron chi connectivity index (χ4n) is 1.89. The predicted molar refractivity (Wildman–Crippen MR) is 67.1 cm³/mol. The number of aryl methyl sites for hydroxylation is 2. The molecule has 1 aromatic carbocycles. The topological polar surface area (TPSA) is 34.9 Å². The third-order valence-electron chi connectivity index (χ3n) is 2.88. The molecule has 94 valence electrons. The fourth-order valence-corrected chi connectivity index (χ4v) is 1.89. The lowest BCUT2D eigenvalue weighted by molar-refractivity contribution is 0.0986. The first-order valence-electron chi connectivity index (χ1n) is 5.91. The van der Waals surface area contributed by atoms with Crippen molar-refractivity contribution in [1.82, 2.24) is 9.55 Å². The molecular weight excluding hydrogens is 231 g/mol. The number of carbonyl (C=O) groups excluding carboxylic acids is 1.